The second-order valence-electron chi connectivity index (χ2n) is 7.49. The van der Waals surface area contributed by atoms with Crippen LogP contribution < -0.4 is 10.2 Å². The number of carbonyl (C=O) groups is 2. The van der Waals surface area contributed by atoms with Crippen LogP contribution in [0.15, 0.2) is 41.3 Å². The van der Waals surface area contributed by atoms with Gasteiger partial charge in [-0.2, -0.15) is 0 Å². The maximum atomic E-state index is 13.6. The summed E-state index contributed by atoms with van der Waals surface area (Å²) in [5.41, 5.74) is 0.677. The van der Waals surface area contributed by atoms with Crippen LogP contribution in [0, 0.1) is 17.6 Å². The predicted molar refractivity (Wildman–Crippen MR) is 109 cm³/mol. The van der Waals surface area contributed by atoms with E-state index in [4.69, 9.17) is 0 Å². The summed E-state index contributed by atoms with van der Waals surface area (Å²) in [4.78, 5) is 27.3. The minimum absolute atomic E-state index is 0.00291. The lowest BCUT2D eigenvalue weighted by molar-refractivity contribution is -0.124. The summed E-state index contributed by atoms with van der Waals surface area (Å²) < 4.78 is 50.9. The quantitative estimate of drug-likeness (QED) is 0.780. The average molecular weight is 436 g/mol. The molecule has 0 bridgehead atoms. The van der Waals surface area contributed by atoms with Gasteiger partial charge >= 0.3 is 0 Å². The summed E-state index contributed by atoms with van der Waals surface area (Å²) in [5.74, 6) is -2.77. The summed E-state index contributed by atoms with van der Waals surface area (Å²) in [7, 11) is -3.52. The highest BCUT2D eigenvalue weighted by molar-refractivity contribution is 7.90. The van der Waals surface area contributed by atoms with E-state index in [2.05, 4.69) is 5.32 Å². The molecule has 0 aromatic heterocycles. The van der Waals surface area contributed by atoms with Gasteiger partial charge in [-0.1, -0.05) is 20.3 Å². The normalized spacial score (nSPS) is 17.3. The molecular weight excluding hydrogens is 414 g/mol. The number of nitrogens with zero attached hydrogens (tertiary/aromatic N) is 1. The Labute approximate surface area is 173 Å². The molecule has 2 amide bonds. The topological polar surface area (TPSA) is 83.6 Å². The summed E-state index contributed by atoms with van der Waals surface area (Å²) >= 11 is 0. The van der Waals surface area contributed by atoms with Crippen molar-refractivity contribution in [1.29, 1.82) is 0 Å². The highest BCUT2D eigenvalue weighted by Crippen LogP contribution is 2.37. The van der Waals surface area contributed by atoms with Crippen molar-refractivity contribution in [2.75, 3.05) is 16.5 Å². The predicted octanol–water partition coefficient (Wildman–Crippen LogP) is 3.31. The van der Waals surface area contributed by atoms with Crippen molar-refractivity contribution >= 4 is 33.0 Å². The summed E-state index contributed by atoms with van der Waals surface area (Å²) in [5, 5.41) is 2.69. The van der Waals surface area contributed by atoms with Crippen molar-refractivity contribution in [2.24, 2.45) is 5.92 Å². The van der Waals surface area contributed by atoms with Gasteiger partial charge in [-0.3, -0.25) is 14.5 Å². The Morgan fingerprint density at radius 1 is 1.17 bits per heavy atom. The van der Waals surface area contributed by atoms with Gasteiger partial charge < -0.3 is 5.32 Å². The number of benzene rings is 2. The van der Waals surface area contributed by atoms with E-state index in [-0.39, 0.29) is 28.5 Å². The summed E-state index contributed by atoms with van der Waals surface area (Å²) in [6.45, 7) is 3.70. The molecule has 2 aromatic rings. The zero-order chi connectivity index (χ0) is 22.2. The van der Waals surface area contributed by atoms with E-state index in [1.807, 2.05) is 13.8 Å². The van der Waals surface area contributed by atoms with Crippen molar-refractivity contribution in [3.8, 4) is 0 Å². The van der Waals surface area contributed by atoms with Gasteiger partial charge in [-0.05, 0) is 41.8 Å². The van der Waals surface area contributed by atoms with Gasteiger partial charge in [0.25, 0.3) is 0 Å². The molecule has 3 rings (SSSR count). The lowest BCUT2D eigenvalue weighted by Gasteiger charge is -2.39. The second kappa shape index (κ2) is 8.14. The number of fused-ring (bicyclic) bond motifs is 1. The molecule has 2 atom stereocenters. The van der Waals surface area contributed by atoms with Crippen LogP contribution in [0.4, 0.5) is 20.2 Å². The van der Waals surface area contributed by atoms with E-state index >= 15 is 0 Å². The van der Waals surface area contributed by atoms with Crippen LogP contribution in [0.3, 0.4) is 0 Å². The van der Waals surface area contributed by atoms with Crippen LogP contribution in [-0.4, -0.2) is 32.5 Å². The molecule has 1 aliphatic rings. The molecule has 2 aromatic carbocycles. The van der Waals surface area contributed by atoms with Crippen LogP contribution >= 0.6 is 0 Å². The van der Waals surface area contributed by atoms with Crippen molar-refractivity contribution in [2.45, 2.75) is 37.6 Å². The van der Waals surface area contributed by atoms with Crippen LogP contribution in [0.5, 0.6) is 0 Å². The molecule has 1 unspecified atom stereocenters. The molecular formula is C21H22F2N2O4S. The third-order valence-electron chi connectivity index (χ3n) is 5.19. The van der Waals surface area contributed by atoms with Crippen LogP contribution in [0.25, 0.3) is 0 Å². The third-order valence-corrected chi connectivity index (χ3v) is 6.30. The minimum Gasteiger partial charge on any atom is -0.322 e. The molecule has 6 nitrogen and oxygen atoms in total. The zero-order valence-electron chi connectivity index (χ0n) is 16.8. The van der Waals surface area contributed by atoms with E-state index in [1.54, 1.807) is 0 Å². The molecule has 160 valence electrons. The molecule has 1 heterocycles. The van der Waals surface area contributed by atoms with E-state index in [1.165, 1.54) is 23.1 Å². The molecule has 0 saturated heterocycles. The average Bonchev–Trinajstić information content (AvgIpc) is 2.64. The van der Waals surface area contributed by atoms with Gasteiger partial charge in [-0.15, -0.1) is 0 Å². The number of hydrogen-bond acceptors (Lipinski definition) is 4. The number of halogens is 2. The van der Waals surface area contributed by atoms with E-state index < -0.39 is 39.3 Å². The smallest absolute Gasteiger partial charge is 0.247 e. The number of sulfone groups is 1. The Hall–Kier alpha value is -2.81. The van der Waals surface area contributed by atoms with E-state index in [9.17, 15) is 26.8 Å². The van der Waals surface area contributed by atoms with Crippen LogP contribution in [-0.2, 0) is 25.8 Å². The number of anilines is 2. The molecule has 0 spiro atoms. The molecule has 1 N–H and O–H groups in total. The van der Waals surface area contributed by atoms with Gasteiger partial charge in [0, 0.05) is 12.3 Å². The summed E-state index contributed by atoms with van der Waals surface area (Å²) in [6, 6.07) is 6.14. The van der Waals surface area contributed by atoms with Gasteiger partial charge in [0.1, 0.15) is 17.7 Å². The largest absolute Gasteiger partial charge is 0.322 e. The van der Waals surface area contributed by atoms with Crippen molar-refractivity contribution < 1.29 is 26.8 Å². The molecule has 9 heteroatoms. The number of amides is 2. The second-order valence-corrected chi connectivity index (χ2v) is 9.50. The third kappa shape index (κ3) is 4.35. The molecule has 0 saturated carbocycles. The Kier molecular flexibility index (Phi) is 5.94. The highest BCUT2D eigenvalue weighted by Gasteiger charge is 2.39. The first-order valence-corrected chi connectivity index (χ1v) is 11.3. The lowest BCUT2D eigenvalue weighted by Crippen LogP contribution is -2.54. The molecule has 0 fully saturated rings. The van der Waals surface area contributed by atoms with Crippen LogP contribution in [0.1, 0.15) is 25.8 Å². The van der Waals surface area contributed by atoms with Crippen molar-refractivity contribution in [3.05, 3.63) is 53.6 Å². The Balaban J connectivity index is 2.07. The van der Waals surface area contributed by atoms with Gasteiger partial charge in [0.2, 0.25) is 11.8 Å². The van der Waals surface area contributed by atoms with Gasteiger partial charge in [-0.25, -0.2) is 17.2 Å². The Morgan fingerprint density at radius 2 is 1.80 bits per heavy atom. The molecule has 1 aliphatic heterocycles. The highest BCUT2D eigenvalue weighted by atomic mass is 32.2. The van der Waals surface area contributed by atoms with E-state index in [0.717, 1.165) is 18.4 Å². The van der Waals surface area contributed by atoms with Crippen molar-refractivity contribution in [3.63, 3.8) is 0 Å². The Bertz CT molecular complexity index is 1100. The fourth-order valence-corrected chi connectivity index (χ4v) is 4.18. The minimum atomic E-state index is -3.52. The standard InChI is InChI=1S/C21H22F2N2O4S/c1-4-12(2)20-21(27)24-17-11-16(30(3,28)29)5-6-18(17)25(20)19(26)9-13-7-14(22)10-15(23)8-13/h5-8,10-12,20H,4,9H2,1-3H3,(H,24,27)/t12?,20-/m0/s1. The van der Waals surface area contributed by atoms with Crippen molar-refractivity contribution in [1.82, 2.24) is 0 Å². The number of hydrogen-bond donors (Lipinski definition) is 1. The molecule has 30 heavy (non-hydrogen) atoms. The number of nitrogens with one attached hydrogen (secondary N) is 1. The Morgan fingerprint density at radius 3 is 2.37 bits per heavy atom. The maximum absolute atomic E-state index is 13.6. The zero-order valence-corrected chi connectivity index (χ0v) is 17.6. The monoisotopic (exact) mass is 436 g/mol. The molecule has 0 aliphatic carbocycles. The summed E-state index contributed by atoms with van der Waals surface area (Å²) in [6.07, 6.45) is 1.33. The first kappa shape index (κ1) is 21.9. The maximum Gasteiger partial charge on any atom is 0.247 e. The van der Waals surface area contributed by atoms with Gasteiger partial charge in [0.05, 0.1) is 22.7 Å². The van der Waals surface area contributed by atoms with Crippen LogP contribution in [0.2, 0.25) is 0 Å². The van der Waals surface area contributed by atoms with Gasteiger partial charge in [0.15, 0.2) is 9.84 Å². The first-order valence-electron chi connectivity index (χ1n) is 9.43. The van der Waals surface area contributed by atoms with E-state index in [0.29, 0.717) is 18.2 Å². The SMILES string of the molecule is CCC(C)[C@H]1C(=O)Nc2cc(S(C)(=O)=O)ccc2N1C(=O)Cc1cc(F)cc(F)c1. The fourth-order valence-electron chi connectivity index (χ4n) is 3.53. The first-order chi connectivity index (χ1) is 14.0. The lowest BCUT2D eigenvalue weighted by atomic mass is 9.93. The molecule has 0 radical (unpaired) electrons. The fraction of sp³-hybridized carbons (Fsp3) is 0.333. The number of carbonyl (C=O) groups excluding carboxylic acids is 2. The number of rotatable bonds is 5.